The van der Waals surface area contributed by atoms with Gasteiger partial charge in [-0.15, -0.1) is 0 Å². The van der Waals surface area contributed by atoms with E-state index in [4.69, 9.17) is 0 Å². The van der Waals surface area contributed by atoms with Gasteiger partial charge in [-0.2, -0.15) is 5.10 Å². The standard InChI is InChI=1S/C18H26N6/c1-14-12-15-6-4-5-7-17(15)24(14)11-10-20-18(19-2)21-13-16-8-9-22-23(16)3/h4-9,14H,10-13H2,1-3H3,(H2,19,20,21). The van der Waals surface area contributed by atoms with Gasteiger partial charge in [0.2, 0.25) is 0 Å². The number of hydrogen-bond acceptors (Lipinski definition) is 3. The van der Waals surface area contributed by atoms with E-state index in [1.807, 2.05) is 17.8 Å². The van der Waals surface area contributed by atoms with E-state index in [1.165, 1.54) is 11.3 Å². The molecule has 6 heteroatoms. The summed E-state index contributed by atoms with van der Waals surface area (Å²) in [5.74, 6) is 0.816. The topological polar surface area (TPSA) is 57.5 Å². The zero-order chi connectivity index (χ0) is 16.9. The van der Waals surface area contributed by atoms with Gasteiger partial charge in [0, 0.05) is 45.1 Å². The first-order valence-electron chi connectivity index (χ1n) is 8.45. The first kappa shape index (κ1) is 16.4. The minimum Gasteiger partial charge on any atom is -0.367 e. The molecule has 6 nitrogen and oxygen atoms in total. The Morgan fingerprint density at radius 2 is 2.12 bits per heavy atom. The highest BCUT2D eigenvalue weighted by Gasteiger charge is 2.24. The predicted molar refractivity (Wildman–Crippen MR) is 98.4 cm³/mol. The average Bonchev–Trinajstić information content (AvgIpc) is 3.13. The van der Waals surface area contributed by atoms with E-state index in [0.717, 1.165) is 31.2 Å². The molecule has 0 fully saturated rings. The van der Waals surface area contributed by atoms with Crippen LogP contribution in [0.25, 0.3) is 0 Å². The highest BCUT2D eigenvalue weighted by Crippen LogP contribution is 2.31. The van der Waals surface area contributed by atoms with Crippen LogP contribution >= 0.6 is 0 Å². The Labute approximate surface area is 143 Å². The fraction of sp³-hybridized carbons (Fsp3) is 0.444. The van der Waals surface area contributed by atoms with Crippen LogP contribution in [0.2, 0.25) is 0 Å². The fourth-order valence-electron chi connectivity index (χ4n) is 3.23. The second kappa shape index (κ2) is 7.38. The molecule has 1 aromatic carbocycles. The molecule has 0 saturated heterocycles. The Morgan fingerprint density at radius 3 is 2.88 bits per heavy atom. The van der Waals surface area contributed by atoms with Crippen molar-refractivity contribution < 1.29 is 0 Å². The number of aromatic nitrogens is 2. The third-order valence-electron chi connectivity index (χ3n) is 4.58. The van der Waals surface area contributed by atoms with Crippen molar-refractivity contribution in [1.82, 2.24) is 20.4 Å². The molecule has 1 aliphatic heterocycles. The van der Waals surface area contributed by atoms with Gasteiger partial charge < -0.3 is 15.5 Å². The summed E-state index contributed by atoms with van der Waals surface area (Å²) >= 11 is 0. The van der Waals surface area contributed by atoms with Gasteiger partial charge in [-0.1, -0.05) is 18.2 Å². The van der Waals surface area contributed by atoms with Crippen molar-refractivity contribution in [2.24, 2.45) is 12.0 Å². The van der Waals surface area contributed by atoms with Gasteiger partial charge >= 0.3 is 0 Å². The number of hydrogen-bond donors (Lipinski definition) is 2. The quantitative estimate of drug-likeness (QED) is 0.646. The van der Waals surface area contributed by atoms with Crippen molar-refractivity contribution in [3.8, 4) is 0 Å². The maximum absolute atomic E-state index is 4.29. The van der Waals surface area contributed by atoms with Crippen molar-refractivity contribution in [3.05, 3.63) is 47.8 Å². The first-order valence-corrected chi connectivity index (χ1v) is 8.45. The zero-order valence-corrected chi connectivity index (χ0v) is 14.7. The molecule has 0 bridgehead atoms. The molecule has 1 aromatic heterocycles. The van der Waals surface area contributed by atoms with Crippen LogP contribution in [-0.2, 0) is 20.0 Å². The lowest BCUT2D eigenvalue weighted by Crippen LogP contribution is -2.42. The molecule has 0 aliphatic carbocycles. The van der Waals surface area contributed by atoms with Crippen LogP contribution in [0.15, 0.2) is 41.5 Å². The summed E-state index contributed by atoms with van der Waals surface area (Å²) in [4.78, 5) is 6.76. The summed E-state index contributed by atoms with van der Waals surface area (Å²) < 4.78 is 1.86. The van der Waals surface area contributed by atoms with E-state index in [1.54, 1.807) is 13.2 Å². The number of nitrogens with zero attached hydrogens (tertiary/aromatic N) is 4. The molecule has 128 valence electrons. The van der Waals surface area contributed by atoms with Gasteiger partial charge in [-0.25, -0.2) is 0 Å². The van der Waals surface area contributed by atoms with Crippen molar-refractivity contribution >= 4 is 11.6 Å². The number of benzene rings is 1. The maximum atomic E-state index is 4.29. The molecular weight excluding hydrogens is 300 g/mol. The number of guanidine groups is 1. The number of aliphatic imine (C=N–C) groups is 1. The van der Waals surface area contributed by atoms with Crippen LogP contribution in [0.3, 0.4) is 0 Å². The van der Waals surface area contributed by atoms with Gasteiger partial charge in [-0.05, 0) is 31.0 Å². The smallest absolute Gasteiger partial charge is 0.191 e. The van der Waals surface area contributed by atoms with Gasteiger partial charge in [-0.3, -0.25) is 9.67 Å². The largest absolute Gasteiger partial charge is 0.367 e. The molecule has 0 radical (unpaired) electrons. The molecule has 1 aliphatic rings. The molecule has 0 saturated carbocycles. The van der Waals surface area contributed by atoms with Gasteiger partial charge in [0.15, 0.2) is 5.96 Å². The molecule has 0 spiro atoms. The highest BCUT2D eigenvalue weighted by atomic mass is 15.3. The zero-order valence-electron chi connectivity index (χ0n) is 14.7. The molecule has 1 unspecified atom stereocenters. The van der Waals surface area contributed by atoms with Crippen LogP contribution in [-0.4, -0.2) is 41.9 Å². The Bertz CT molecular complexity index is 705. The maximum Gasteiger partial charge on any atom is 0.191 e. The average molecular weight is 326 g/mol. The van der Waals surface area contributed by atoms with E-state index in [2.05, 4.69) is 56.8 Å². The molecule has 3 rings (SSSR count). The molecule has 0 amide bonds. The third kappa shape index (κ3) is 3.53. The van der Waals surface area contributed by atoms with Crippen LogP contribution in [0.4, 0.5) is 5.69 Å². The van der Waals surface area contributed by atoms with Crippen LogP contribution in [0.5, 0.6) is 0 Å². The van der Waals surface area contributed by atoms with Crippen molar-refractivity contribution in [3.63, 3.8) is 0 Å². The van der Waals surface area contributed by atoms with Crippen molar-refractivity contribution in [2.75, 3.05) is 25.0 Å². The van der Waals surface area contributed by atoms with Gasteiger partial charge in [0.05, 0.1) is 12.2 Å². The number of rotatable bonds is 5. The van der Waals surface area contributed by atoms with Crippen LogP contribution in [0, 0.1) is 0 Å². The Balaban J connectivity index is 1.49. The van der Waals surface area contributed by atoms with Gasteiger partial charge in [0.25, 0.3) is 0 Å². The van der Waals surface area contributed by atoms with E-state index in [0.29, 0.717) is 12.6 Å². The number of aryl methyl sites for hydroxylation is 1. The second-order valence-corrected chi connectivity index (χ2v) is 6.17. The van der Waals surface area contributed by atoms with Crippen molar-refractivity contribution in [1.29, 1.82) is 0 Å². The van der Waals surface area contributed by atoms with E-state index < -0.39 is 0 Å². The van der Waals surface area contributed by atoms with E-state index in [-0.39, 0.29) is 0 Å². The van der Waals surface area contributed by atoms with Crippen LogP contribution < -0.4 is 15.5 Å². The minimum atomic E-state index is 0.550. The summed E-state index contributed by atoms with van der Waals surface area (Å²) in [6.07, 6.45) is 2.93. The Morgan fingerprint density at radius 1 is 1.29 bits per heavy atom. The monoisotopic (exact) mass is 326 g/mol. The normalized spacial score (nSPS) is 17.0. The molecule has 2 heterocycles. The lowest BCUT2D eigenvalue weighted by Gasteiger charge is -2.25. The lowest BCUT2D eigenvalue weighted by molar-refractivity contribution is 0.651. The first-order chi connectivity index (χ1) is 11.7. The molecule has 2 aromatic rings. The molecule has 24 heavy (non-hydrogen) atoms. The SMILES string of the molecule is CN=C(NCCN1c2ccccc2CC1C)NCc1ccnn1C. The minimum absolute atomic E-state index is 0.550. The van der Waals surface area contributed by atoms with E-state index >= 15 is 0 Å². The second-order valence-electron chi connectivity index (χ2n) is 6.17. The summed E-state index contributed by atoms with van der Waals surface area (Å²) in [5.41, 5.74) is 3.94. The Hall–Kier alpha value is -2.50. The number of anilines is 1. The number of nitrogens with one attached hydrogen (secondary N) is 2. The van der Waals surface area contributed by atoms with Crippen molar-refractivity contribution in [2.45, 2.75) is 25.9 Å². The number of fused-ring (bicyclic) bond motifs is 1. The third-order valence-corrected chi connectivity index (χ3v) is 4.58. The molecule has 1 atom stereocenters. The predicted octanol–water partition coefficient (Wildman–Crippen LogP) is 1.54. The van der Waals surface area contributed by atoms with Crippen LogP contribution in [0.1, 0.15) is 18.2 Å². The number of para-hydroxylation sites is 1. The lowest BCUT2D eigenvalue weighted by atomic mass is 10.1. The molecular formula is C18H26N6. The van der Waals surface area contributed by atoms with Gasteiger partial charge in [0.1, 0.15) is 0 Å². The Kier molecular flexibility index (Phi) is 5.03. The summed E-state index contributed by atoms with van der Waals surface area (Å²) in [6, 6.07) is 11.2. The summed E-state index contributed by atoms with van der Waals surface area (Å²) in [7, 11) is 3.74. The van der Waals surface area contributed by atoms with E-state index in [9.17, 15) is 0 Å². The highest BCUT2D eigenvalue weighted by molar-refractivity contribution is 5.79. The fourth-order valence-corrected chi connectivity index (χ4v) is 3.23. The summed E-state index contributed by atoms with van der Waals surface area (Å²) in [5, 5.41) is 10.9. The summed E-state index contributed by atoms with van der Waals surface area (Å²) in [6.45, 7) is 4.81. The molecule has 2 N–H and O–H groups in total.